The average Bonchev–Trinajstić information content (AvgIpc) is 2.76. The van der Waals surface area contributed by atoms with E-state index in [1.54, 1.807) is 0 Å². The highest BCUT2D eigenvalue weighted by Gasteiger charge is 2.23. The van der Waals surface area contributed by atoms with Gasteiger partial charge in [-0.1, -0.05) is 0 Å². The Morgan fingerprint density at radius 1 is 1.59 bits per heavy atom. The van der Waals surface area contributed by atoms with Crippen molar-refractivity contribution in [1.82, 2.24) is 14.7 Å². The van der Waals surface area contributed by atoms with Crippen LogP contribution in [0.3, 0.4) is 0 Å². The smallest absolute Gasteiger partial charge is 0.0552 e. The fourth-order valence-electron chi connectivity index (χ4n) is 2.64. The van der Waals surface area contributed by atoms with Crippen LogP contribution in [0.25, 0.3) is 0 Å². The molecule has 0 aliphatic carbocycles. The lowest BCUT2D eigenvalue weighted by Crippen LogP contribution is -2.39. The summed E-state index contributed by atoms with van der Waals surface area (Å²) in [5.74, 6) is 0.432. The van der Waals surface area contributed by atoms with Crippen LogP contribution in [0.4, 0.5) is 0 Å². The summed E-state index contributed by atoms with van der Waals surface area (Å²) in [5, 5.41) is 14.0. The Hall–Kier alpha value is -0.870. The zero-order valence-electron chi connectivity index (χ0n) is 10.8. The second-order valence-corrected chi connectivity index (χ2v) is 5.02. The number of hydrogen-bond acceptors (Lipinski definition) is 3. The van der Waals surface area contributed by atoms with Gasteiger partial charge in [0.15, 0.2) is 0 Å². The molecule has 0 unspecified atom stereocenters. The predicted octanol–water partition coefficient (Wildman–Crippen LogP) is 1.50. The van der Waals surface area contributed by atoms with Crippen molar-refractivity contribution in [3.63, 3.8) is 0 Å². The van der Waals surface area contributed by atoms with Gasteiger partial charge in [0, 0.05) is 25.8 Å². The zero-order valence-corrected chi connectivity index (χ0v) is 10.8. The van der Waals surface area contributed by atoms with Crippen molar-refractivity contribution in [2.24, 2.45) is 5.92 Å². The topological polar surface area (TPSA) is 41.3 Å². The summed E-state index contributed by atoms with van der Waals surface area (Å²) in [6, 6.07) is 2.09. The van der Waals surface area contributed by atoms with E-state index < -0.39 is 0 Å². The van der Waals surface area contributed by atoms with E-state index in [0.29, 0.717) is 5.92 Å². The van der Waals surface area contributed by atoms with Crippen molar-refractivity contribution in [2.75, 3.05) is 13.1 Å². The molecule has 0 aromatic carbocycles. The van der Waals surface area contributed by atoms with E-state index in [-0.39, 0.29) is 6.10 Å². The number of nitrogens with zero attached hydrogens (tertiary/aromatic N) is 3. The van der Waals surface area contributed by atoms with Crippen molar-refractivity contribution in [3.8, 4) is 0 Å². The molecule has 2 atom stereocenters. The first-order chi connectivity index (χ1) is 8.20. The van der Waals surface area contributed by atoms with Crippen LogP contribution in [-0.2, 0) is 13.1 Å². The number of aliphatic hydroxyl groups excluding tert-OH is 1. The summed E-state index contributed by atoms with van der Waals surface area (Å²) in [5.41, 5.74) is 1.28. The molecule has 4 nitrogen and oxygen atoms in total. The molecule has 2 rings (SSSR count). The van der Waals surface area contributed by atoms with Crippen LogP contribution in [0.15, 0.2) is 12.3 Å². The zero-order chi connectivity index (χ0) is 12.3. The molecule has 0 radical (unpaired) electrons. The third-order valence-electron chi connectivity index (χ3n) is 3.71. The molecule has 4 heteroatoms. The van der Waals surface area contributed by atoms with Gasteiger partial charge in [-0.25, -0.2) is 0 Å². The Morgan fingerprint density at radius 2 is 2.41 bits per heavy atom. The molecule has 96 valence electrons. The fourth-order valence-corrected chi connectivity index (χ4v) is 2.64. The lowest BCUT2D eigenvalue weighted by molar-refractivity contribution is 0.0589. The van der Waals surface area contributed by atoms with Gasteiger partial charge in [-0.15, -0.1) is 0 Å². The summed E-state index contributed by atoms with van der Waals surface area (Å²) in [6.45, 7) is 8.05. The van der Waals surface area contributed by atoms with Gasteiger partial charge in [-0.3, -0.25) is 9.58 Å². The van der Waals surface area contributed by atoms with E-state index in [2.05, 4.69) is 23.0 Å². The molecule has 0 amide bonds. The van der Waals surface area contributed by atoms with E-state index in [4.69, 9.17) is 0 Å². The van der Waals surface area contributed by atoms with Crippen LogP contribution in [0.2, 0.25) is 0 Å². The lowest BCUT2D eigenvalue weighted by atomic mass is 9.93. The molecule has 1 aliphatic heterocycles. The molecule has 0 bridgehead atoms. The molecular weight excluding hydrogens is 214 g/mol. The van der Waals surface area contributed by atoms with Crippen LogP contribution < -0.4 is 0 Å². The van der Waals surface area contributed by atoms with Crippen LogP contribution in [0.5, 0.6) is 0 Å². The monoisotopic (exact) mass is 237 g/mol. The third kappa shape index (κ3) is 3.07. The van der Waals surface area contributed by atoms with Crippen LogP contribution in [0, 0.1) is 5.92 Å². The molecule has 1 aliphatic rings. The van der Waals surface area contributed by atoms with Gasteiger partial charge in [0.2, 0.25) is 0 Å². The van der Waals surface area contributed by atoms with Gasteiger partial charge in [-0.2, -0.15) is 5.10 Å². The molecule has 1 saturated heterocycles. The predicted molar refractivity (Wildman–Crippen MR) is 67.6 cm³/mol. The van der Waals surface area contributed by atoms with Gasteiger partial charge >= 0.3 is 0 Å². The minimum atomic E-state index is -0.186. The molecule has 0 spiro atoms. The van der Waals surface area contributed by atoms with Crippen molar-refractivity contribution in [1.29, 1.82) is 0 Å². The molecule has 17 heavy (non-hydrogen) atoms. The number of likely N-dealkylation sites (tertiary alicyclic amines) is 1. The van der Waals surface area contributed by atoms with E-state index in [9.17, 15) is 5.11 Å². The fraction of sp³-hybridized carbons (Fsp3) is 0.769. The number of rotatable bonds is 4. The maximum absolute atomic E-state index is 9.68. The van der Waals surface area contributed by atoms with Crippen molar-refractivity contribution in [2.45, 2.75) is 45.9 Å². The Kier molecular flexibility index (Phi) is 4.18. The van der Waals surface area contributed by atoms with Gasteiger partial charge in [0.25, 0.3) is 0 Å². The molecule has 0 saturated carbocycles. The quantitative estimate of drug-likeness (QED) is 0.862. The number of aliphatic hydroxyl groups is 1. The van der Waals surface area contributed by atoms with Crippen LogP contribution >= 0.6 is 0 Å². The van der Waals surface area contributed by atoms with E-state index in [1.165, 1.54) is 12.1 Å². The Morgan fingerprint density at radius 3 is 3.12 bits per heavy atom. The maximum atomic E-state index is 9.68. The molecule has 1 N–H and O–H groups in total. The van der Waals surface area contributed by atoms with Gasteiger partial charge < -0.3 is 5.11 Å². The van der Waals surface area contributed by atoms with Gasteiger partial charge in [0.1, 0.15) is 0 Å². The van der Waals surface area contributed by atoms with Crippen molar-refractivity contribution < 1.29 is 5.11 Å². The summed E-state index contributed by atoms with van der Waals surface area (Å²) in [7, 11) is 0. The molecular formula is C13H23N3O. The van der Waals surface area contributed by atoms with Crippen molar-refractivity contribution in [3.05, 3.63) is 18.0 Å². The lowest BCUT2D eigenvalue weighted by Gasteiger charge is -2.34. The van der Waals surface area contributed by atoms with Crippen LogP contribution in [0.1, 0.15) is 32.4 Å². The minimum Gasteiger partial charge on any atom is -0.393 e. The Labute approximate surface area is 103 Å². The number of aryl methyl sites for hydroxylation is 1. The van der Waals surface area contributed by atoms with Gasteiger partial charge in [0.05, 0.1) is 11.8 Å². The second-order valence-electron chi connectivity index (χ2n) is 5.02. The van der Waals surface area contributed by atoms with Crippen LogP contribution in [-0.4, -0.2) is 39.0 Å². The third-order valence-corrected chi connectivity index (χ3v) is 3.71. The number of piperidine rings is 1. The highest BCUT2D eigenvalue weighted by molar-refractivity contribution is 5.00. The Balaban J connectivity index is 1.94. The second kappa shape index (κ2) is 5.65. The highest BCUT2D eigenvalue weighted by atomic mass is 16.3. The largest absolute Gasteiger partial charge is 0.393 e. The molecule has 1 fully saturated rings. The van der Waals surface area contributed by atoms with E-state index >= 15 is 0 Å². The number of hydrogen-bond donors (Lipinski definition) is 1. The first-order valence-corrected chi connectivity index (χ1v) is 6.61. The normalized spacial score (nSPS) is 23.8. The molecule has 1 aromatic rings. The highest BCUT2D eigenvalue weighted by Crippen LogP contribution is 2.21. The molecule has 2 heterocycles. The van der Waals surface area contributed by atoms with E-state index in [0.717, 1.165) is 32.6 Å². The summed E-state index contributed by atoms with van der Waals surface area (Å²) in [6.07, 6.45) is 4.03. The summed E-state index contributed by atoms with van der Waals surface area (Å²) in [4.78, 5) is 2.43. The first-order valence-electron chi connectivity index (χ1n) is 6.61. The average molecular weight is 237 g/mol. The summed E-state index contributed by atoms with van der Waals surface area (Å²) < 4.78 is 2.05. The first kappa shape index (κ1) is 12.6. The minimum absolute atomic E-state index is 0.186. The molecule has 1 aromatic heterocycles. The van der Waals surface area contributed by atoms with Gasteiger partial charge in [-0.05, 0) is 45.2 Å². The summed E-state index contributed by atoms with van der Waals surface area (Å²) >= 11 is 0. The Bertz CT molecular complexity index is 348. The SMILES string of the molecule is CCn1nccc1CN1CCC[C@@H]([C@H](C)O)C1. The van der Waals surface area contributed by atoms with Crippen molar-refractivity contribution >= 4 is 0 Å². The number of aromatic nitrogens is 2. The maximum Gasteiger partial charge on any atom is 0.0552 e. The standard InChI is InChI=1S/C13H23N3O/c1-3-16-13(6-7-14-16)10-15-8-4-5-12(9-15)11(2)17/h6-7,11-12,17H,3-5,8-10H2,1-2H3/t11-,12+/m0/s1. The van der Waals surface area contributed by atoms with E-state index in [1.807, 2.05) is 17.8 Å².